The highest BCUT2D eigenvalue weighted by Gasteiger charge is 2.21. The van der Waals surface area contributed by atoms with Gasteiger partial charge in [-0.15, -0.1) is 0 Å². The summed E-state index contributed by atoms with van der Waals surface area (Å²) in [6, 6.07) is -0.467. The normalized spacial score (nSPS) is 21.0. The molecule has 0 aromatic rings. The molecule has 1 fully saturated rings. The Kier molecular flexibility index (Phi) is 2.06. The van der Waals surface area contributed by atoms with Gasteiger partial charge in [-0.2, -0.15) is 0 Å². The zero-order valence-corrected chi connectivity index (χ0v) is 6.05. The minimum Gasteiger partial charge on any atom is -0.303 e. The molecule has 0 atom stereocenters. The number of imide groups is 1. The van der Waals surface area contributed by atoms with Crippen molar-refractivity contribution < 1.29 is 9.59 Å². The van der Waals surface area contributed by atoms with Gasteiger partial charge in [-0.25, -0.2) is 4.79 Å². The van der Waals surface area contributed by atoms with Gasteiger partial charge < -0.3 is 5.32 Å². The fourth-order valence-corrected chi connectivity index (χ4v) is 0.691. The quantitative estimate of drug-likeness (QED) is 0.419. The molecule has 58 valence electrons. The van der Waals surface area contributed by atoms with Gasteiger partial charge in [-0.3, -0.25) is 10.1 Å². The number of nitrogens with one attached hydrogen (secondary N) is 2. The van der Waals surface area contributed by atoms with Gasteiger partial charge in [0.25, 0.3) is 5.91 Å². The molecule has 0 bridgehead atoms. The van der Waals surface area contributed by atoms with Crippen molar-refractivity contribution in [3.63, 3.8) is 0 Å². The molecule has 0 aliphatic carbocycles. The maximum atomic E-state index is 10.8. The Bertz CT molecular complexity index is 253. The third kappa shape index (κ3) is 1.67. The molecule has 1 aliphatic rings. The molecule has 4 nitrogen and oxygen atoms in total. The number of rotatable bonds is 1. The largest absolute Gasteiger partial charge is 0.326 e. The van der Waals surface area contributed by atoms with E-state index in [1.807, 2.05) is 6.92 Å². The second kappa shape index (κ2) is 3.01. The minimum absolute atomic E-state index is 0.285. The van der Waals surface area contributed by atoms with Crippen molar-refractivity contribution in [1.29, 1.82) is 0 Å². The Morgan fingerprint density at radius 2 is 2.00 bits per heavy atom. The Morgan fingerprint density at radius 1 is 1.27 bits per heavy atom. The van der Waals surface area contributed by atoms with Gasteiger partial charge in [0.1, 0.15) is 5.70 Å². The highest BCUT2D eigenvalue weighted by Crippen LogP contribution is 1.96. The molecule has 1 heterocycles. The standard InChI is InChI=1S/C7H8N2O2/c1-2-3-4-5-6(10)9-7(11)8-5/h2-4H,1H3,(H2,8,9,10,11)/b3-2+,5-4+. The van der Waals surface area contributed by atoms with Crippen LogP contribution >= 0.6 is 0 Å². The molecule has 3 amide bonds. The number of carbonyl (C=O) groups is 2. The number of amides is 3. The molecule has 4 heteroatoms. The molecular weight excluding hydrogens is 144 g/mol. The van der Waals surface area contributed by atoms with E-state index in [1.54, 1.807) is 18.2 Å². The van der Waals surface area contributed by atoms with Crippen LogP contribution in [-0.2, 0) is 4.79 Å². The smallest absolute Gasteiger partial charge is 0.303 e. The minimum atomic E-state index is -0.467. The monoisotopic (exact) mass is 152 g/mol. The number of urea groups is 1. The molecule has 1 saturated heterocycles. The van der Waals surface area contributed by atoms with E-state index in [0.717, 1.165) is 0 Å². The van der Waals surface area contributed by atoms with E-state index in [-0.39, 0.29) is 11.6 Å². The van der Waals surface area contributed by atoms with E-state index >= 15 is 0 Å². The van der Waals surface area contributed by atoms with Gasteiger partial charge in [-0.1, -0.05) is 12.2 Å². The van der Waals surface area contributed by atoms with Crippen LogP contribution < -0.4 is 10.6 Å². The molecule has 1 aliphatic heterocycles. The van der Waals surface area contributed by atoms with Crippen LogP contribution in [0.15, 0.2) is 23.9 Å². The van der Waals surface area contributed by atoms with Gasteiger partial charge in [0, 0.05) is 0 Å². The second-order valence-corrected chi connectivity index (χ2v) is 2.01. The maximum Gasteiger partial charge on any atom is 0.326 e. The second-order valence-electron chi connectivity index (χ2n) is 2.01. The fourth-order valence-electron chi connectivity index (χ4n) is 0.691. The number of carbonyl (C=O) groups excluding carboxylic acids is 2. The Balaban J connectivity index is 2.74. The van der Waals surface area contributed by atoms with E-state index in [0.29, 0.717) is 0 Å². The summed E-state index contributed by atoms with van der Waals surface area (Å²) in [7, 11) is 0. The summed E-state index contributed by atoms with van der Waals surface area (Å²) in [5, 5.41) is 4.43. The van der Waals surface area contributed by atoms with Crippen molar-refractivity contribution >= 4 is 11.9 Å². The van der Waals surface area contributed by atoms with Crippen molar-refractivity contribution in [2.24, 2.45) is 0 Å². The number of hydrogen-bond acceptors (Lipinski definition) is 2. The lowest BCUT2D eigenvalue weighted by Crippen LogP contribution is -2.22. The highest BCUT2D eigenvalue weighted by atomic mass is 16.2. The van der Waals surface area contributed by atoms with Crippen LogP contribution in [0.5, 0.6) is 0 Å². The van der Waals surface area contributed by atoms with Gasteiger partial charge in [0.2, 0.25) is 0 Å². The SMILES string of the molecule is C/C=C/C=C1/NC(=O)NC1=O. The third-order valence-corrected chi connectivity index (χ3v) is 1.18. The first kappa shape index (κ1) is 7.53. The molecule has 11 heavy (non-hydrogen) atoms. The van der Waals surface area contributed by atoms with E-state index in [2.05, 4.69) is 10.6 Å². The van der Waals surface area contributed by atoms with Gasteiger partial charge in [0.15, 0.2) is 0 Å². The molecule has 1 rings (SSSR count). The molecule has 0 aromatic heterocycles. The molecule has 0 radical (unpaired) electrons. The summed E-state index contributed by atoms with van der Waals surface area (Å²) in [5.41, 5.74) is 0.285. The van der Waals surface area contributed by atoms with Crippen molar-refractivity contribution in [3.05, 3.63) is 23.9 Å². The number of hydrogen-bond donors (Lipinski definition) is 2. The lowest BCUT2D eigenvalue weighted by molar-refractivity contribution is -0.115. The van der Waals surface area contributed by atoms with Crippen LogP contribution in [0.3, 0.4) is 0 Å². The molecule has 0 spiro atoms. The Labute approximate surface area is 64.0 Å². The zero-order chi connectivity index (χ0) is 8.27. The van der Waals surface area contributed by atoms with E-state index < -0.39 is 6.03 Å². The Hall–Kier alpha value is -1.58. The van der Waals surface area contributed by atoms with Crippen LogP contribution in [0.2, 0.25) is 0 Å². The average molecular weight is 152 g/mol. The first-order valence-electron chi connectivity index (χ1n) is 3.19. The van der Waals surface area contributed by atoms with E-state index in [9.17, 15) is 9.59 Å². The van der Waals surface area contributed by atoms with Crippen LogP contribution in [-0.4, -0.2) is 11.9 Å². The summed E-state index contributed by atoms with van der Waals surface area (Å²) in [6.45, 7) is 1.83. The Morgan fingerprint density at radius 3 is 2.45 bits per heavy atom. The topological polar surface area (TPSA) is 58.2 Å². The van der Waals surface area contributed by atoms with Crippen LogP contribution in [0.1, 0.15) is 6.92 Å². The molecular formula is C7H8N2O2. The third-order valence-electron chi connectivity index (χ3n) is 1.18. The highest BCUT2D eigenvalue weighted by molar-refractivity contribution is 6.11. The zero-order valence-electron chi connectivity index (χ0n) is 6.05. The maximum absolute atomic E-state index is 10.8. The van der Waals surface area contributed by atoms with E-state index in [4.69, 9.17) is 0 Å². The van der Waals surface area contributed by atoms with Crippen molar-refractivity contribution in [1.82, 2.24) is 10.6 Å². The van der Waals surface area contributed by atoms with Gasteiger partial charge in [0.05, 0.1) is 0 Å². The average Bonchev–Trinajstić information content (AvgIpc) is 2.26. The number of allylic oxidation sites excluding steroid dienone is 3. The lowest BCUT2D eigenvalue weighted by atomic mass is 10.4. The molecule has 0 unspecified atom stereocenters. The van der Waals surface area contributed by atoms with Gasteiger partial charge in [-0.05, 0) is 13.0 Å². The summed E-state index contributed by atoms with van der Waals surface area (Å²) in [4.78, 5) is 21.3. The molecule has 0 aromatic carbocycles. The lowest BCUT2D eigenvalue weighted by Gasteiger charge is -1.86. The van der Waals surface area contributed by atoms with Crippen molar-refractivity contribution in [2.75, 3.05) is 0 Å². The fraction of sp³-hybridized carbons (Fsp3) is 0.143. The molecule has 0 saturated carbocycles. The summed E-state index contributed by atoms with van der Waals surface area (Å²) in [5.74, 6) is -0.381. The molecule has 2 N–H and O–H groups in total. The summed E-state index contributed by atoms with van der Waals surface area (Å²) < 4.78 is 0. The predicted octanol–water partition coefficient (Wildman–Crippen LogP) is 0.286. The van der Waals surface area contributed by atoms with E-state index in [1.165, 1.54) is 0 Å². The van der Waals surface area contributed by atoms with Crippen LogP contribution in [0.25, 0.3) is 0 Å². The summed E-state index contributed by atoms with van der Waals surface area (Å²) >= 11 is 0. The van der Waals surface area contributed by atoms with Crippen molar-refractivity contribution in [3.8, 4) is 0 Å². The first-order valence-corrected chi connectivity index (χ1v) is 3.19. The van der Waals surface area contributed by atoms with Crippen LogP contribution in [0, 0.1) is 0 Å². The van der Waals surface area contributed by atoms with Crippen molar-refractivity contribution in [2.45, 2.75) is 6.92 Å². The predicted molar refractivity (Wildman–Crippen MR) is 39.6 cm³/mol. The van der Waals surface area contributed by atoms with Crippen LogP contribution in [0.4, 0.5) is 4.79 Å². The van der Waals surface area contributed by atoms with Gasteiger partial charge >= 0.3 is 6.03 Å². The first-order chi connectivity index (χ1) is 5.24. The summed E-state index contributed by atoms with van der Waals surface area (Å²) in [6.07, 6.45) is 4.99.